The van der Waals surface area contributed by atoms with Gasteiger partial charge in [0.15, 0.2) is 0 Å². The molecule has 8 nitrogen and oxygen atoms in total. The molecule has 0 spiro atoms. The second-order valence-electron chi connectivity index (χ2n) is 7.52. The van der Waals surface area contributed by atoms with Crippen molar-refractivity contribution in [2.75, 3.05) is 39.6 Å². The number of carbonyl (C=O) groups is 1. The molecule has 0 unspecified atom stereocenters. The van der Waals surface area contributed by atoms with Crippen molar-refractivity contribution < 1.29 is 36.9 Å². The van der Waals surface area contributed by atoms with Crippen LogP contribution in [0.25, 0.3) is 0 Å². The molecule has 174 valence electrons. The van der Waals surface area contributed by atoms with Gasteiger partial charge in [0.25, 0.3) is 0 Å². The van der Waals surface area contributed by atoms with E-state index in [1.165, 1.54) is 18.2 Å². The van der Waals surface area contributed by atoms with Crippen LogP contribution in [0.1, 0.15) is 26.3 Å². The standard InChI is InChI=1S/C19H25F3IN3O5/c1-17(2,3)31-16(27)24-6-7-28-8-9-29-10-11-30-15-12-13(4-5-14(15)23)18(25-26-18)19(20,21)22/h4-5,12H,6-11H2,1-3H3,(H,24,27). The predicted molar refractivity (Wildman–Crippen MR) is 113 cm³/mol. The Hall–Kier alpha value is -1.67. The number of hydrogen-bond acceptors (Lipinski definition) is 7. The summed E-state index contributed by atoms with van der Waals surface area (Å²) in [6.07, 6.45) is -5.09. The number of hydrogen-bond donors (Lipinski definition) is 1. The van der Waals surface area contributed by atoms with Crippen LogP contribution in [0.2, 0.25) is 0 Å². The number of amides is 1. The maximum atomic E-state index is 13.1. The summed E-state index contributed by atoms with van der Waals surface area (Å²) < 4.78 is 61.4. The second-order valence-corrected chi connectivity index (χ2v) is 8.68. The minimum absolute atomic E-state index is 0.0790. The molecule has 31 heavy (non-hydrogen) atoms. The third kappa shape index (κ3) is 8.07. The van der Waals surface area contributed by atoms with Gasteiger partial charge in [0.1, 0.15) is 18.0 Å². The van der Waals surface area contributed by atoms with Gasteiger partial charge < -0.3 is 24.3 Å². The summed E-state index contributed by atoms with van der Waals surface area (Å²) in [5, 5.41) is 8.96. The Kier molecular flexibility index (Phi) is 8.89. The van der Waals surface area contributed by atoms with E-state index in [0.717, 1.165) is 0 Å². The molecule has 1 aromatic rings. The van der Waals surface area contributed by atoms with Crippen LogP contribution in [0.15, 0.2) is 28.4 Å². The summed E-state index contributed by atoms with van der Waals surface area (Å²) in [7, 11) is 0. The quantitative estimate of drug-likeness (QED) is 0.321. The van der Waals surface area contributed by atoms with Crippen molar-refractivity contribution >= 4 is 28.7 Å². The first kappa shape index (κ1) is 25.6. The van der Waals surface area contributed by atoms with E-state index >= 15 is 0 Å². The maximum Gasteiger partial charge on any atom is 0.442 e. The summed E-state index contributed by atoms with van der Waals surface area (Å²) in [4.78, 5) is 11.4. The van der Waals surface area contributed by atoms with Crippen LogP contribution < -0.4 is 10.1 Å². The number of ether oxygens (including phenoxy) is 4. The van der Waals surface area contributed by atoms with E-state index in [1.54, 1.807) is 20.8 Å². The fourth-order valence-corrected chi connectivity index (χ4v) is 2.84. The van der Waals surface area contributed by atoms with Crippen LogP contribution in [-0.2, 0) is 19.9 Å². The highest BCUT2D eigenvalue weighted by atomic mass is 127. The summed E-state index contributed by atoms with van der Waals surface area (Å²) in [5.41, 5.74) is -3.10. The lowest BCUT2D eigenvalue weighted by molar-refractivity contribution is -0.166. The molecule has 0 saturated heterocycles. The highest BCUT2D eigenvalue weighted by molar-refractivity contribution is 14.1. The number of nitrogens with one attached hydrogen (secondary N) is 1. The second kappa shape index (κ2) is 10.8. The third-order valence-corrected chi connectivity index (χ3v) is 4.69. The van der Waals surface area contributed by atoms with Gasteiger partial charge in [-0.25, -0.2) is 4.79 Å². The van der Waals surface area contributed by atoms with Crippen molar-refractivity contribution in [3.63, 3.8) is 0 Å². The molecule has 1 aromatic carbocycles. The number of rotatable bonds is 11. The molecule has 0 atom stereocenters. The molecule has 1 N–H and O–H groups in total. The summed E-state index contributed by atoms with van der Waals surface area (Å²) in [6, 6.07) is 4.17. The molecular formula is C19H25F3IN3O5. The molecule has 0 bridgehead atoms. The Labute approximate surface area is 192 Å². The molecule has 12 heteroatoms. The Morgan fingerprint density at radius 3 is 2.26 bits per heavy atom. The van der Waals surface area contributed by atoms with Crippen molar-refractivity contribution in [2.24, 2.45) is 10.2 Å². The highest BCUT2D eigenvalue weighted by Gasteiger charge is 2.65. The first-order chi connectivity index (χ1) is 14.4. The van der Waals surface area contributed by atoms with Crippen molar-refractivity contribution in [1.82, 2.24) is 5.32 Å². The average Bonchev–Trinajstić information content (AvgIpc) is 3.45. The van der Waals surface area contributed by atoms with Gasteiger partial charge in [0.05, 0.1) is 30.0 Å². The molecule has 0 saturated carbocycles. The van der Waals surface area contributed by atoms with Crippen molar-refractivity contribution in [3.05, 3.63) is 27.3 Å². The molecule has 1 amide bonds. The zero-order valence-electron chi connectivity index (χ0n) is 17.4. The summed E-state index contributed by atoms with van der Waals surface area (Å²) in [5.74, 6) is 0.312. The van der Waals surface area contributed by atoms with E-state index in [-0.39, 0.29) is 18.8 Å². The third-order valence-electron chi connectivity index (χ3n) is 3.80. The Morgan fingerprint density at radius 2 is 1.68 bits per heavy atom. The number of benzene rings is 1. The number of alkyl halides is 3. The van der Waals surface area contributed by atoms with Crippen LogP contribution in [0, 0.1) is 3.57 Å². The smallest absolute Gasteiger partial charge is 0.442 e. The van der Waals surface area contributed by atoms with Gasteiger partial charge in [-0.05, 0) is 55.5 Å². The van der Waals surface area contributed by atoms with Crippen LogP contribution >= 0.6 is 22.6 Å². The molecule has 1 heterocycles. The number of carbonyl (C=O) groups excluding carboxylic acids is 1. The number of alkyl carbamates (subject to hydrolysis) is 1. The Bertz CT molecular complexity index is 778. The molecule has 0 aliphatic carbocycles. The maximum absolute atomic E-state index is 13.1. The fraction of sp³-hybridized carbons (Fsp3) is 0.632. The lowest BCUT2D eigenvalue weighted by Crippen LogP contribution is -2.34. The molecular weight excluding hydrogens is 534 g/mol. The van der Waals surface area contributed by atoms with Gasteiger partial charge in [-0.3, -0.25) is 0 Å². The highest BCUT2D eigenvalue weighted by Crippen LogP contribution is 2.53. The fourth-order valence-electron chi connectivity index (χ4n) is 2.35. The van der Waals surface area contributed by atoms with Crippen molar-refractivity contribution in [3.8, 4) is 5.75 Å². The van der Waals surface area contributed by atoms with E-state index in [9.17, 15) is 18.0 Å². The van der Waals surface area contributed by atoms with Crippen molar-refractivity contribution in [2.45, 2.75) is 38.2 Å². The average molecular weight is 559 g/mol. The van der Waals surface area contributed by atoms with Crippen LogP contribution in [-0.4, -0.2) is 57.4 Å². The van der Waals surface area contributed by atoms with Gasteiger partial charge >= 0.3 is 17.9 Å². The molecule has 1 aliphatic rings. The van der Waals surface area contributed by atoms with Gasteiger partial charge in [-0.2, -0.15) is 13.2 Å². The zero-order chi connectivity index (χ0) is 23.1. The summed E-state index contributed by atoms with van der Waals surface area (Å²) >= 11 is 1.98. The minimum Gasteiger partial charge on any atom is -0.490 e. The molecule has 1 aliphatic heterocycles. The van der Waals surface area contributed by atoms with Crippen LogP contribution in [0.5, 0.6) is 5.75 Å². The van der Waals surface area contributed by atoms with Crippen LogP contribution in [0.3, 0.4) is 0 Å². The molecule has 0 fully saturated rings. The summed E-state index contributed by atoms with van der Waals surface area (Å²) in [6.45, 7) is 6.97. The predicted octanol–water partition coefficient (Wildman–Crippen LogP) is 4.41. The number of halogens is 4. The van der Waals surface area contributed by atoms with E-state index in [4.69, 9.17) is 18.9 Å². The molecule has 0 aromatic heterocycles. The van der Waals surface area contributed by atoms with E-state index in [0.29, 0.717) is 35.7 Å². The monoisotopic (exact) mass is 559 g/mol. The Morgan fingerprint density at radius 1 is 1.06 bits per heavy atom. The van der Waals surface area contributed by atoms with Crippen molar-refractivity contribution in [1.29, 1.82) is 0 Å². The first-order valence-electron chi connectivity index (χ1n) is 9.50. The normalized spacial score (nSPS) is 14.9. The van der Waals surface area contributed by atoms with E-state index in [2.05, 4.69) is 15.5 Å². The Balaban J connectivity index is 1.58. The van der Waals surface area contributed by atoms with Gasteiger partial charge in [-0.1, -0.05) is 6.07 Å². The first-order valence-corrected chi connectivity index (χ1v) is 10.6. The van der Waals surface area contributed by atoms with E-state index < -0.39 is 23.5 Å². The topological polar surface area (TPSA) is 90.7 Å². The lowest BCUT2D eigenvalue weighted by atomic mass is 10.0. The van der Waals surface area contributed by atoms with E-state index in [1.807, 2.05) is 22.6 Å². The van der Waals surface area contributed by atoms with Crippen LogP contribution in [0.4, 0.5) is 18.0 Å². The molecule has 0 radical (unpaired) electrons. The largest absolute Gasteiger partial charge is 0.490 e. The minimum atomic E-state index is -4.58. The molecule has 2 rings (SSSR count). The van der Waals surface area contributed by atoms with Gasteiger partial charge in [-0.15, -0.1) is 10.2 Å². The van der Waals surface area contributed by atoms with Gasteiger partial charge in [0.2, 0.25) is 0 Å². The van der Waals surface area contributed by atoms with Gasteiger partial charge in [0, 0.05) is 12.1 Å². The number of nitrogens with zero attached hydrogens (tertiary/aromatic N) is 2. The lowest BCUT2D eigenvalue weighted by Gasteiger charge is -2.19. The SMILES string of the molecule is CC(C)(C)OC(=O)NCCOCCOCCOc1cc(C2(C(F)(F)F)N=N2)ccc1I. The zero-order valence-corrected chi connectivity index (χ0v) is 19.6.